The average molecular weight is 297 g/mol. The smallest absolute Gasteiger partial charge is 0.311 e. The SMILES string of the molecule is Cc1ccc(NC(=O)CCC(=O)Oc2ccc(C)cc2)cc1. The molecule has 0 bridgehead atoms. The van der Waals surface area contributed by atoms with Crippen molar-refractivity contribution in [1.82, 2.24) is 0 Å². The molecule has 0 aliphatic rings. The van der Waals surface area contributed by atoms with Crippen LogP contribution in [0.2, 0.25) is 0 Å². The van der Waals surface area contributed by atoms with Gasteiger partial charge in [0.15, 0.2) is 0 Å². The van der Waals surface area contributed by atoms with Crippen LogP contribution in [0.1, 0.15) is 24.0 Å². The van der Waals surface area contributed by atoms with E-state index in [1.165, 1.54) is 0 Å². The minimum atomic E-state index is -0.414. The molecule has 0 fully saturated rings. The molecule has 1 amide bonds. The summed E-state index contributed by atoms with van der Waals surface area (Å²) in [5, 5.41) is 2.75. The highest BCUT2D eigenvalue weighted by Gasteiger charge is 2.09. The zero-order chi connectivity index (χ0) is 15.9. The summed E-state index contributed by atoms with van der Waals surface area (Å²) in [6, 6.07) is 14.7. The van der Waals surface area contributed by atoms with Gasteiger partial charge in [0, 0.05) is 12.1 Å². The third-order valence-electron chi connectivity index (χ3n) is 3.14. The molecule has 0 saturated heterocycles. The average Bonchev–Trinajstić information content (AvgIpc) is 2.50. The van der Waals surface area contributed by atoms with Gasteiger partial charge in [0.25, 0.3) is 0 Å². The third-order valence-corrected chi connectivity index (χ3v) is 3.14. The monoisotopic (exact) mass is 297 g/mol. The Morgan fingerprint density at radius 2 is 1.41 bits per heavy atom. The van der Waals surface area contributed by atoms with E-state index in [1.54, 1.807) is 12.1 Å². The van der Waals surface area contributed by atoms with Crippen LogP contribution in [-0.4, -0.2) is 11.9 Å². The second-order valence-corrected chi connectivity index (χ2v) is 5.20. The molecule has 0 radical (unpaired) electrons. The standard InChI is InChI=1S/C18H19NO3/c1-13-3-7-15(8-4-13)19-17(20)11-12-18(21)22-16-9-5-14(2)6-10-16/h3-10H,11-12H2,1-2H3,(H,19,20). The molecule has 1 N–H and O–H groups in total. The molecule has 4 heteroatoms. The highest BCUT2D eigenvalue weighted by molar-refractivity contribution is 5.92. The van der Waals surface area contributed by atoms with Gasteiger partial charge in [-0.15, -0.1) is 0 Å². The second kappa shape index (κ2) is 7.41. The fraction of sp³-hybridized carbons (Fsp3) is 0.222. The molecule has 2 aromatic carbocycles. The molecule has 0 aromatic heterocycles. The predicted octanol–water partition coefficient (Wildman–Crippen LogP) is 3.63. The van der Waals surface area contributed by atoms with Crippen LogP contribution in [0.5, 0.6) is 5.75 Å². The van der Waals surface area contributed by atoms with Crippen LogP contribution >= 0.6 is 0 Å². The molecule has 2 aromatic rings. The van der Waals surface area contributed by atoms with Crippen LogP contribution < -0.4 is 10.1 Å². The van der Waals surface area contributed by atoms with Gasteiger partial charge in [0.2, 0.25) is 5.91 Å². The van der Waals surface area contributed by atoms with E-state index in [4.69, 9.17) is 4.74 Å². The Morgan fingerprint density at radius 1 is 0.864 bits per heavy atom. The summed E-state index contributed by atoms with van der Waals surface area (Å²) in [5.41, 5.74) is 2.94. The van der Waals surface area contributed by atoms with E-state index >= 15 is 0 Å². The second-order valence-electron chi connectivity index (χ2n) is 5.20. The molecule has 0 aliphatic carbocycles. The summed E-state index contributed by atoms with van der Waals surface area (Å²) in [5.74, 6) is -0.123. The van der Waals surface area contributed by atoms with Crippen molar-refractivity contribution in [2.45, 2.75) is 26.7 Å². The maximum atomic E-state index is 11.8. The number of esters is 1. The van der Waals surface area contributed by atoms with Crippen molar-refractivity contribution < 1.29 is 14.3 Å². The zero-order valence-corrected chi connectivity index (χ0v) is 12.8. The van der Waals surface area contributed by atoms with Crippen LogP contribution in [0.15, 0.2) is 48.5 Å². The lowest BCUT2D eigenvalue weighted by molar-refractivity contribution is -0.135. The Labute approximate surface area is 130 Å². The molecular weight excluding hydrogens is 278 g/mol. The topological polar surface area (TPSA) is 55.4 Å². The zero-order valence-electron chi connectivity index (χ0n) is 12.8. The number of ether oxygens (including phenoxy) is 1. The minimum Gasteiger partial charge on any atom is -0.427 e. The molecule has 0 saturated carbocycles. The first-order valence-electron chi connectivity index (χ1n) is 7.17. The molecule has 0 spiro atoms. The summed E-state index contributed by atoms with van der Waals surface area (Å²) >= 11 is 0. The van der Waals surface area contributed by atoms with Gasteiger partial charge in [0.05, 0.1) is 6.42 Å². The molecular formula is C18H19NO3. The molecule has 4 nitrogen and oxygen atoms in total. The van der Waals surface area contributed by atoms with Crippen molar-refractivity contribution in [1.29, 1.82) is 0 Å². The van der Waals surface area contributed by atoms with Gasteiger partial charge in [-0.1, -0.05) is 35.4 Å². The van der Waals surface area contributed by atoms with Gasteiger partial charge in [0.1, 0.15) is 5.75 Å². The van der Waals surface area contributed by atoms with Gasteiger partial charge in [-0.2, -0.15) is 0 Å². The van der Waals surface area contributed by atoms with Crippen molar-refractivity contribution in [2.75, 3.05) is 5.32 Å². The minimum absolute atomic E-state index is 0.0472. The van der Waals surface area contributed by atoms with E-state index < -0.39 is 5.97 Å². The van der Waals surface area contributed by atoms with E-state index in [0.717, 1.165) is 16.8 Å². The van der Waals surface area contributed by atoms with Gasteiger partial charge >= 0.3 is 5.97 Å². The normalized spacial score (nSPS) is 10.1. The van der Waals surface area contributed by atoms with Crippen molar-refractivity contribution in [3.8, 4) is 5.75 Å². The Balaban J connectivity index is 1.76. The molecule has 0 atom stereocenters. The Kier molecular flexibility index (Phi) is 5.31. The summed E-state index contributed by atoms with van der Waals surface area (Å²) in [7, 11) is 0. The first-order chi connectivity index (χ1) is 10.5. The predicted molar refractivity (Wildman–Crippen MR) is 85.9 cm³/mol. The molecule has 2 rings (SSSR count). The number of carbonyl (C=O) groups is 2. The molecule has 0 unspecified atom stereocenters. The number of rotatable bonds is 5. The number of benzene rings is 2. The highest BCUT2D eigenvalue weighted by atomic mass is 16.5. The van der Waals surface area contributed by atoms with Crippen LogP contribution in [0.3, 0.4) is 0 Å². The van der Waals surface area contributed by atoms with E-state index in [-0.39, 0.29) is 18.7 Å². The van der Waals surface area contributed by atoms with Crippen molar-refractivity contribution in [2.24, 2.45) is 0 Å². The third kappa shape index (κ3) is 5.05. The molecule has 22 heavy (non-hydrogen) atoms. The van der Waals surface area contributed by atoms with E-state index in [1.807, 2.05) is 50.2 Å². The van der Waals surface area contributed by atoms with Gasteiger partial charge in [-0.3, -0.25) is 9.59 Å². The molecule has 0 aliphatic heterocycles. The van der Waals surface area contributed by atoms with E-state index in [9.17, 15) is 9.59 Å². The lowest BCUT2D eigenvalue weighted by Gasteiger charge is -2.06. The fourth-order valence-electron chi connectivity index (χ4n) is 1.86. The number of aryl methyl sites for hydroxylation is 2. The number of nitrogens with one attached hydrogen (secondary N) is 1. The van der Waals surface area contributed by atoms with Gasteiger partial charge < -0.3 is 10.1 Å². The van der Waals surface area contributed by atoms with Crippen molar-refractivity contribution in [3.63, 3.8) is 0 Å². The summed E-state index contributed by atoms with van der Waals surface area (Å²) < 4.78 is 5.17. The molecule has 0 heterocycles. The summed E-state index contributed by atoms with van der Waals surface area (Å²) in [6.45, 7) is 3.94. The maximum Gasteiger partial charge on any atom is 0.311 e. The van der Waals surface area contributed by atoms with Crippen molar-refractivity contribution >= 4 is 17.6 Å². The number of anilines is 1. The summed E-state index contributed by atoms with van der Waals surface area (Å²) in [6.07, 6.45) is 0.143. The quantitative estimate of drug-likeness (QED) is 0.677. The van der Waals surface area contributed by atoms with Gasteiger partial charge in [-0.25, -0.2) is 0 Å². The highest BCUT2D eigenvalue weighted by Crippen LogP contribution is 2.13. The van der Waals surface area contributed by atoms with E-state index in [0.29, 0.717) is 5.75 Å². The van der Waals surface area contributed by atoms with E-state index in [2.05, 4.69) is 5.32 Å². The fourth-order valence-corrected chi connectivity index (χ4v) is 1.86. The van der Waals surface area contributed by atoms with Crippen LogP contribution in [0, 0.1) is 13.8 Å². The van der Waals surface area contributed by atoms with Crippen LogP contribution in [0.4, 0.5) is 5.69 Å². The first-order valence-corrected chi connectivity index (χ1v) is 7.17. The van der Waals surface area contributed by atoms with Crippen LogP contribution in [0.25, 0.3) is 0 Å². The number of carbonyl (C=O) groups excluding carboxylic acids is 2. The Hall–Kier alpha value is -2.62. The van der Waals surface area contributed by atoms with Crippen molar-refractivity contribution in [3.05, 3.63) is 59.7 Å². The lowest BCUT2D eigenvalue weighted by atomic mass is 10.2. The summed E-state index contributed by atoms with van der Waals surface area (Å²) in [4.78, 5) is 23.5. The molecule has 114 valence electrons. The Bertz CT molecular complexity index is 586. The number of hydrogen-bond acceptors (Lipinski definition) is 3. The van der Waals surface area contributed by atoms with Gasteiger partial charge in [-0.05, 0) is 38.1 Å². The van der Waals surface area contributed by atoms with Crippen LogP contribution in [-0.2, 0) is 9.59 Å². The Morgan fingerprint density at radius 3 is 2.00 bits per heavy atom. The maximum absolute atomic E-state index is 11.8. The largest absolute Gasteiger partial charge is 0.427 e. The number of hydrogen-bond donors (Lipinski definition) is 1. The lowest BCUT2D eigenvalue weighted by Crippen LogP contribution is -2.15. The first kappa shape index (κ1) is 15.8. The number of amides is 1.